The van der Waals surface area contributed by atoms with E-state index in [4.69, 9.17) is 11.6 Å². The summed E-state index contributed by atoms with van der Waals surface area (Å²) >= 11 is 7.92. The SMILES string of the molecule is CC(=O)Nc1ccc(C(=O)NCC(c2ccc(Cl)cc2)N2CCc3sccc3C2)cc1. The molecule has 1 aromatic heterocycles. The van der Waals surface area contributed by atoms with E-state index in [1.54, 1.807) is 24.3 Å². The summed E-state index contributed by atoms with van der Waals surface area (Å²) in [5.74, 6) is -0.278. The predicted molar refractivity (Wildman–Crippen MR) is 126 cm³/mol. The molecular weight excluding hydrogens is 430 g/mol. The van der Waals surface area contributed by atoms with Crippen LogP contribution in [0, 0.1) is 0 Å². The van der Waals surface area contributed by atoms with Gasteiger partial charge >= 0.3 is 0 Å². The van der Waals surface area contributed by atoms with E-state index >= 15 is 0 Å². The van der Waals surface area contributed by atoms with Gasteiger partial charge in [-0.25, -0.2) is 0 Å². The highest BCUT2D eigenvalue weighted by Crippen LogP contribution is 2.30. The molecule has 0 bridgehead atoms. The minimum Gasteiger partial charge on any atom is -0.350 e. The van der Waals surface area contributed by atoms with E-state index in [9.17, 15) is 9.59 Å². The molecule has 1 aliphatic heterocycles. The average molecular weight is 454 g/mol. The molecule has 160 valence electrons. The van der Waals surface area contributed by atoms with Gasteiger partial charge in [-0.1, -0.05) is 23.7 Å². The summed E-state index contributed by atoms with van der Waals surface area (Å²) in [6.45, 7) is 3.76. The summed E-state index contributed by atoms with van der Waals surface area (Å²) in [7, 11) is 0. The van der Waals surface area contributed by atoms with Crippen LogP contribution in [0.15, 0.2) is 60.0 Å². The Morgan fingerprint density at radius 1 is 1.10 bits per heavy atom. The number of carbonyl (C=O) groups is 2. The van der Waals surface area contributed by atoms with Crippen molar-refractivity contribution in [2.45, 2.75) is 25.9 Å². The molecule has 2 N–H and O–H groups in total. The fourth-order valence-corrected chi connectivity index (χ4v) is 4.89. The van der Waals surface area contributed by atoms with E-state index in [0.717, 1.165) is 25.1 Å². The van der Waals surface area contributed by atoms with Crippen LogP contribution in [0.1, 0.15) is 39.3 Å². The van der Waals surface area contributed by atoms with E-state index in [-0.39, 0.29) is 17.9 Å². The second-order valence-electron chi connectivity index (χ2n) is 7.63. The molecule has 0 spiro atoms. The maximum absolute atomic E-state index is 12.8. The maximum Gasteiger partial charge on any atom is 0.251 e. The van der Waals surface area contributed by atoms with E-state index in [0.29, 0.717) is 22.8 Å². The van der Waals surface area contributed by atoms with Gasteiger partial charge in [0.05, 0.1) is 6.04 Å². The Hall–Kier alpha value is -2.67. The zero-order chi connectivity index (χ0) is 21.8. The molecule has 0 radical (unpaired) electrons. The molecule has 0 saturated carbocycles. The van der Waals surface area contributed by atoms with Crippen LogP contribution in [0.4, 0.5) is 5.69 Å². The summed E-state index contributed by atoms with van der Waals surface area (Å²) in [6.07, 6.45) is 1.02. The van der Waals surface area contributed by atoms with Crippen molar-refractivity contribution in [2.24, 2.45) is 0 Å². The molecule has 1 unspecified atom stereocenters. The molecule has 7 heteroatoms. The maximum atomic E-state index is 12.8. The van der Waals surface area contributed by atoms with Gasteiger partial charge in [-0.15, -0.1) is 11.3 Å². The van der Waals surface area contributed by atoms with Crippen LogP contribution in [0.3, 0.4) is 0 Å². The molecule has 0 aliphatic carbocycles. The predicted octanol–water partition coefficient (Wildman–Crippen LogP) is 4.89. The number of thiophene rings is 1. The highest BCUT2D eigenvalue weighted by Gasteiger charge is 2.26. The molecule has 3 aromatic rings. The normalized spacial score (nSPS) is 14.5. The monoisotopic (exact) mass is 453 g/mol. The van der Waals surface area contributed by atoms with Gasteiger partial charge in [0.2, 0.25) is 5.91 Å². The summed E-state index contributed by atoms with van der Waals surface area (Å²) in [5.41, 5.74) is 3.73. The summed E-state index contributed by atoms with van der Waals surface area (Å²) in [5, 5.41) is 8.65. The van der Waals surface area contributed by atoms with Crippen LogP contribution >= 0.6 is 22.9 Å². The van der Waals surface area contributed by atoms with Gasteiger partial charge in [0.25, 0.3) is 5.91 Å². The highest BCUT2D eigenvalue weighted by molar-refractivity contribution is 7.10. The minimum atomic E-state index is -0.140. The molecule has 4 rings (SSSR count). The van der Waals surface area contributed by atoms with Gasteiger partial charge < -0.3 is 10.6 Å². The van der Waals surface area contributed by atoms with Gasteiger partial charge in [-0.2, -0.15) is 0 Å². The molecule has 2 aromatic carbocycles. The molecule has 1 aliphatic rings. The first-order valence-electron chi connectivity index (χ1n) is 10.2. The van der Waals surface area contributed by atoms with Crippen LogP contribution in [0.5, 0.6) is 0 Å². The zero-order valence-corrected chi connectivity index (χ0v) is 18.8. The molecule has 2 heterocycles. The van der Waals surface area contributed by atoms with E-state index in [1.165, 1.54) is 17.4 Å². The fraction of sp³-hybridized carbons (Fsp3) is 0.250. The van der Waals surface area contributed by atoms with Crippen molar-refractivity contribution >= 4 is 40.4 Å². The van der Waals surface area contributed by atoms with Crippen molar-refractivity contribution in [3.05, 3.63) is 86.6 Å². The Morgan fingerprint density at radius 3 is 2.55 bits per heavy atom. The topological polar surface area (TPSA) is 61.4 Å². The Morgan fingerprint density at radius 2 is 1.84 bits per heavy atom. The number of hydrogen-bond donors (Lipinski definition) is 2. The Labute approximate surface area is 191 Å². The van der Waals surface area contributed by atoms with Crippen molar-refractivity contribution in [3.63, 3.8) is 0 Å². The third-order valence-electron chi connectivity index (χ3n) is 5.46. The minimum absolute atomic E-state index is 0.0490. The Bertz CT molecular complexity index is 1060. The van der Waals surface area contributed by atoms with Gasteiger partial charge in [-0.3, -0.25) is 14.5 Å². The second kappa shape index (κ2) is 9.64. The molecule has 0 fully saturated rings. The number of amides is 2. The first kappa shape index (κ1) is 21.6. The fourth-order valence-electron chi connectivity index (χ4n) is 3.88. The number of benzene rings is 2. The van der Waals surface area contributed by atoms with Crippen LogP contribution in [-0.4, -0.2) is 29.8 Å². The first-order valence-corrected chi connectivity index (χ1v) is 11.5. The van der Waals surface area contributed by atoms with Gasteiger partial charge in [-0.05, 0) is 65.4 Å². The van der Waals surface area contributed by atoms with Gasteiger partial charge in [0.15, 0.2) is 0 Å². The standard InChI is InChI=1S/C24H24ClN3O2S/c1-16(29)27-21-8-4-18(5-9-21)24(30)26-14-22(17-2-6-20(25)7-3-17)28-12-10-23-19(15-28)11-13-31-23/h2-9,11,13,22H,10,12,14-15H2,1H3,(H,26,30)(H,27,29). The third-order valence-corrected chi connectivity index (χ3v) is 6.73. The Kier molecular flexibility index (Phi) is 6.70. The number of hydrogen-bond acceptors (Lipinski definition) is 4. The van der Waals surface area contributed by atoms with Gasteiger partial charge in [0, 0.05) is 47.7 Å². The zero-order valence-electron chi connectivity index (χ0n) is 17.2. The highest BCUT2D eigenvalue weighted by atomic mass is 35.5. The lowest BCUT2D eigenvalue weighted by Crippen LogP contribution is -2.40. The molecule has 2 amide bonds. The van der Waals surface area contributed by atoms with Crippen LogP contribution in [-0.2, 0) is 17.8 Å². The lowest BCUT2D eigenvalue weighted by molar-refractivity contribution is -0.114. The number of nitrogens with one attached hydrogen (secondary N) is 2. The largest absolute Gasteiger partial charge is 0.350 e. The van der Waals surface area contributed by atoms with Crippen LogP contribution < -0.4 is 10.6 Å². The number of carbonyl (C=O) groups excluding carboxylic acids is 2. The number of anilines is 1. The average Bonchev–Trinajstić information content (AvgIpc) is 3.23. The van der Waals surface area contributed by atoms with Crippen molar-refractivity contribution in [2.75, 3.05) is 18.4 Å². The molecule has 0 saturated heterocycles. The quantitative estimate of drug-likeness (QED) is 0.558. The van der Waals surface area contributed by atoms with E-state index < -0.39 is 0 Å². The molecule has 5 nitrogen and oxygen atoms in total. The lowest BCUT2D eigenvalue weighted by Gasteiger charge is -2.35. The summed E-state index contributed by atoms with van der Waals surface area (Å²) in [6, 6.07) is 17.0. The Balaban J connectivity index is 1.48. The van der Waals surface area contributed by atoms with Gasteiger partial charge in [0.1, 0.15) is 0 Å². The van der Waals surface area contributed by atoms with Crippen LogP contribution in [0.2, 0.25) is 5.02 Å². The van der Waals surface area contributed by atoms with Crippen LogP contribution in [0.25, 0.3) is 0 Å². The molecule has 1 atom stereocenters. The number of halogens is 1. The lowest BCUT2D eigenvalue weighted by atomic mass is 10.0. The number of rotatable bonds is 6. The van der Waals surface area contributed by atoms with E-state index in [1.807, 2.05) is 35.6 Å². The summed E-state index contributed by atoms with van der Waals surface area (Å²) < 4.78 is 0. The van der Waals surface area contributed by atoms with Crippen molar-refractivity contribution in [3.8, 4) is 0 Å². The van der Waals surface area contributed by atoms with Crippen molar-refractivity contribution < 1.29 is 9.59 Å². The number of nitrogens with zero attached hydrogens (tertiary/aromatic N) is 1. The third kappa shape index (κ3) is 5.34. The number of fused-ring (bicyclic) bond motifs is 1. The van der Waals surface area contributed by atoms with E-state index in [2.05, 4.69) is 27.0 Å². The smallest absolute Gasteiger partial charge is 0.251 e. The summed E-state index contributed by atoms with van der Waals surface area (Å²) in [4.78, 5) is 27.8. The second-order valence-corrected chi connectivity index (χ2v) is 9.06. The molecule has 31 heavy (non-hydrogen) atoms. The first-order chi connectivity index (χ1) is 15.0. The van der Waals surface area contributed by atoms with Crippen molar-refractivity contribution in [1.82, 2.24) is 10.2 Å². The molecular formula is C24H24ClN3O2S. The van der Waals surface area contributed by atoms with Crippen molar-refractivity contribution in [1.29, 1.82) is 0 Å².